The van der Waals surface area contributed by atoms with Crippen LogP contribution >= 0.6 is 0 Å². The second kappa shape index (κ2) is 7.73. The van der Waals surface area contributed by atoms with Crippen LogP contribution in [0.1, 0.15) is 24.8 Å². The molecule has 1 aromatic rings. The Hall–Kier alpha value is -2.09. The zero-order chi connectivity index (χ0) is 18.9. The van der Waals surface area contributed by atoms with Crippen LogP contribution in [-0.4, -0.2) is 64.2 Å². The predicted molar refractivity (Wildman–Crippen MR) is 106 cm³/mol. The van der Waals surface area contributed by atoms with Gasteiger partial charge in [0.15, 0.2) is 0 Å². The quantitative estimate of drug-likeness (QED) is 0.773. The van der Waals surface area contributed by atoms with Crippen molar-refractivity contribution in [1.29, 1.82) is 0 Å². The number of nitrogens with one attached hydrogen (secondary N) is 2. The Labute approximate surface area is 165 Å². The molecule has 0 saturated carbocycles. The van der Waals surface area contributed by atoms with E-state index in [1.165, 1.54) is 0 Å². The van der Waals surface area contributed by atoms with E-state index in [1.807, 2.05) is 4.90 Å². The van der Waals surface area contributed by atoms with Crippen molar-refractivity contribution >= 4 is 22.9 Å². The summed E-state index contributed by atoms with van der Waals surface area (Å²) >= 11 is 0. The lowest BCUT2D eigenvalue weighted by molar-refractivity contribution is -0.113. The number of carbonyl (C=O) groups is 1. The number of rotatable bonds is 3. The smallest absolute Gasteiger partial charge is 0.261 e. The molecule has 3 fully saturated rings. The number of benzene rings is 1. The van der Waals surface area contributed by atoms with E-state index in [9.17, 15) is 4.79 Å². The van der Waals surface area contributed by atoms with Gasteiger partial charge < -0.3 is 29.7 Å². The molecule has 0 spiro atoms. The van der Waals surface area contributed by atoms with E-state index in [4.69, 9.17) is 14.2 Å². The molecule has 5 rings (SSSR count). The van der Waals surface area contributed by atoms with Gasteiger partial charge in [0.05, 0.1) is 42.8 Å². The molecule has 7 heteroatoms. The summed E-state index contributed by atoms with van der Waals surface area (Å²) in [7, 11) is 0. The molecule has 28 heavy (non-hydrogen) atoms. The van der Waals surface area contributed by atoms with Crippen LogP contribution in [0.4, 0.5) is 11.4 Å². The van der Waals surface area contributed by atoms with E-state index < -0.39 is 0 Å². The zero-order valence-electron chi connectivity index (χ0n) is 16.0. The number of hydrogen-bond donors (Lipinski definition) is 2. The van der Waals surface area contributed by atoms with Crippen molar-refractivity contribution in [2.45, 2.75) is 31.3 Å². The first-order chi connectivity index (χ1) is 13.8. The lowest BCUT2D eigenvalue weighted by Crippen LogP contribution is -2.39. The van der Waals surface area contributed by atoms with Crippen LogP contribution in [0, 0.1) is 0 Å². The third kappa shape index (κ3) is 3.27. The third-order valence-electron chi connectivity index (χ3n) is 5.95. The first-order valence-electron chi connectivity index (χ1n) is 10.3. The second-order valence-corrected chi connectivity index (χ2v) is 7.79. The van der Waals surface area contributed by atoms with Crippen molar-refractivity contribution in [3.63, 3.8) is 0 Å². The number of ether oxygens (including phenoxy) is 3. The van der Waals surface area contributed by atoms with Gasteiger partial charge in [-0.15, -0.1) is 0 Å². The van der Waals surface area contributed by atoms with Crippen LogP contribution in [-0.2, 0) is 19.0 Å². The van der Waals surface area contributed by atoms with Crippen LogP contribution in [0.15, 0.2) is 23.9 Å². The van der Waals surface area contributed by atoms with E-state index in [0.717, 1.165) is 67.2 Å². The lowest BCUT2D eigenvalue weighted by Gasteiger charge is -2.25. The van der Waals surface area contributed by atoms with Crippen molar-refractivity contribution in [3.8, 4) is 0 Å². The minimum absolute atomic E-state index is 0.0571. The lowest BCUT2D eigenvalue weighted by atomic mass is 10.0. The van der Waals surface area contributed by atoms with Gasteiger partial charge in [-0.2, -0.15) is 0 Å². The Morgan fingerprint density at radius 3 is 2.64 bits per heavy atom. The summed E-state index contributed by atoms with van der Waals surface area (Å²) in [6, 6.07) is 6.79. The highest BCUT2D eigenvalue weighted by molar-refractivity contribution is 6.33. The van der Waals surface area contributed by atoms with E-state index in [-0.39, 0.29) is 11.9 Å². The van der Waals surface area contributed by atoms with Gasteiger partial charge in [0, 0.05) is 43.7 Å². The van der Waals surface area contributed by atoms with Gasteiger partial charge in [0.25, 0.3) is 5.91 Å². The van der Waals surface area contributed by atoms with Gasteiger partial charge >= 0.3 is 0 Å². The van der Waals surface area contributed by atoms with Crippen LogP contribution in [0.3, 0.4) is 0 Å². The summed E-state index contributed by atoms with van der Waals surface area (Å²) in [5, 5.41) is 7.01. The highest BCUT2D eigenvalue weighted by Gasteiger charge is 2.40. The SMILES string of the molecule is O=C1/C(=C2/COCCN2)c2cc(NC3CCOCC3)ccc2N1C1CCOC1. The molecular formula is C21H27N3O4. The fourth-order valence-corrected chi connectivity index (χ4v) is 4.50. The number of anilines is 2. The Kier molecular flexibility index (Phi) is 4.96. The van der Waals surface area contributed by atoms with Crippen molar-refractivity contribution in [1.82, 2.24) is 5.32 Å². The minimum Gasteiger partial charge on any atom is -0.383 e. The van der Waals surface area contributed by atoms with E-state index in [2.05, 4.69) is 28.8 Å². The normalized spacial score (nSPS) is 28.4. The highest BCUT2D eigenvalue weighted by Crippen LogP contribution is 2.42. The number of amides is 1. The third-order valence-corrected chi connectivity index (χ3v) is 5.95. The topological polar surface area (TPSA) is 72.1 Å². The van der Waals surface area contributed by atoms with E-state index in [0.29, 0.717) is 32.5 Å². The van der Waals surface area contributed by atoms with Gasteiger partial charge in [-0.05, 0) is 37.5 Å². The molecule has 0 aromatic heterocycles. The molecule has 1 unspecified atom stereocenters. The van der Waals surface area contributed by atoms with Gasteiger partial charge in [-0.25, -0.2) is 0 Å². The number of hydrogen-bond acceptors (Lipinski definition) is 6. The molecule has 4 heterocycles. The molecule has 1 aromatic carbocycles. The van der Waals surface area contributed by atoms with Crippen LogP contribution < -0.4 is 15.5 Å². The molecule has 0 radical (unpaired) electrons. The molecular weight excluding hydrogens is 358 g/mol. The maximum atomic E-state index is 13.4. The van der Waals surface area contributed by atoms with Gasteiger partial charge in [-0.1, -0.05) is 0 Å². The maximum absolute atomic E-state index is 13.4. The van der Waals surface area contributed by atoms with Crippen molar-refractivity contribution in [3.05, 3.63) is 29.5 Å². The average Bonchev–Trinajstić information content (AvgIpc) is 3.34. The summed E-state index contributed by atoms with van der Waals surface area (Å²) in [5.74, 6) is 0.0571. The number of morpholine rings is 1. The summed E-state index contributed by atoms with van der Waals surface area (Å²) in [4.78, 5) is 15.4. The Balaban J connectivity index is 1.51. The molecule has 1 amide bonds. The summed E-state index contributed by atoms with van der Waals surface area (Å²) < 4.78 is 16.6. The Morgan fingerprint density at radius 1 is 1.04 bits per heavy atom. The predicted octanol–water partition coefficient (Wildman–Crippen LogP) is 1.74. The van der Waals surface area contributed by atoms with Gasteiger partial charge in [0.2, 0.25) is 0 Å². The number of nitrogens with zero attached hydrogens (tertiary/aromatic N) is 1. The molecule has 0 bridgehead atoms. The maximum Gasteiger partial charge on any atom is 0.261 e. The van der Waals surface area contributed by atoms with Crippen molar-refractivity contribution < 1.29 is 19.0 Å². The molecule has 3 saturated heterocycles. The van der Waals surface area contributed by atoms with Crippen molar-refractivity contribution in [2.75, 3.05) is 56.4 Å². The van der Waals surface area contributed by atoms with E-state index in [1.54, 1.807) is 0 Å². The first-order valence-corrected chi connectivity index (χ1v) is 10.3. The molecule has 7 nitrogen and oxygen atoms in total. The summed E-state index contributed by atoms with van der Waals surface area (Å²) in [6.07, 6.45) is 2.88. The molecule has 150 valence electrons. The van der Waals surface area contributed by atoms with Crippen LogP contribution in [0.25, 0.3) is 5.57 Å². The van der Waals surface area contributed by atoms with Gasteiger partial charge in [0.1, 0.15) is 0 Å². The van der Waals surface area contributed by atoms with Gasteiger partial charge in [-0.3, -0.25) is 4.79 Å². The molecule has 2 N–H and O–H groups in total. The summed E-state index contributed by atoms with van der Waals surface area (Å²) in [5.41, 5.74) is 4.66. The highest BCUT2D eigenvalue weighted by atomic mass is 16.5. The largest absolute Gasteiger partial charge is 0.383 e. The van der Waals surface area contributed by atoms with E-state index >= 15 is 0 Å². The minimum atomic E-state index is 0.0571. The second-order valence-electron chi connectivity index (χ2n) is 7.79. The monoisotopic (exact) mass is 385 g/mol. The molecule has 4 aliphatic rings. The number of carbonyl (C=O) groups excluding carboxylic acids is 1. The number of fused-ring (bicyclic) bond motifs is 1. The fourth-order valence-electron chi connectivity index (χ4n) is 4.50. The molecule has 0 aliphatic carbocycles. The summed E-state index contributed by atoms with van der Waals surface area (Å²) in [6.45, 7) is 4.75. The molecule has 1 atom stereocenters. The Morgan fingerprint density at radius 2 is 1.89 bits per heavy atom. The van der Waals surface area contributed by atoms with Crippen LogP contribution in [0.2, 0.25) is 0 Å². The average molecular weight is 385 g/mol. The standard InChI is InChI=1S/C21H27N3O4/c25-21-20(18-13-28-10-6-22-18)17-11-15(23-14-3-7-26-8-4-14)1-2-19(17)24(21)16-5-9-27-12-16/h1-2,11,14,16,22-23H,3-10,12-13H2/b20-18-. The fraction of sp³-hybridized carbons (Fsp3) is 0.571. The first kappa shape index (κ1) is 18.0. The van der Waals surface area contributed by atoms with Crippen LogP contribution in [0.5, 0.6) is 0 Å². The Bertz CT molecular complexity index is 774. The van der Waals surface area contributed by atoms with Crippen molar-refractivity contribution in [2.24, 2.45) is 0 Å². The zero-order valence-corrected chi connectivity index (χ0v) is 16.0. The molecule has 4 aliphatic heterocycles.